The Morgan fingerprint density at radius 3 is 2.28 bits per heavy atom. The Labute approximate surface area is 104 Å². The lowest BCUT2D eigenvalue weighted by atomic mass is 10.0. The van der Waals surface area contributed by atoms with Crippen LogP contribution in [0.15, 0.2) is 65.3 Å². The molecule has 0 aliphatic heterocycles. The first-order valence-corrected chi connectivity index (χ1v) is 5.60. The fourth-order valence-corrected chi connectivity index (χ4v) is 1.87. The Morgan fingerprint density at radius 1 is 0.833 bits per heavy atom. The standard InChI is InChI=1S/C15H10FNO/c16-13-8-6-12(7-9-13)15-14(10-17-18-15)11-4-2-1-3-5-11/h1-10H. The highest BCUT2D eigenvalue weighted by Crippen LogP contribution is 2.31. The molecule has 3 rings (SSSR count). The second-order valence-electron chi connectivity index (χ2n) is 3.94. The highest BCUT2D eigenvalue weighted by molar-refractivity contribution is 5.78. The van der Waals surface area contributed by atoms with E-state index in [1.54, 1.807) is 18.3 Å². The average Bonchev–Trinajstić information content (AvgIpc) is 2.90. The number of halogens is 1. The summed E-state index contributed by atoms with van der Waals surface area (Å²) in [4.78, 5) is 0. The van der Waals surface area contributed by atoms with Gasteiger partial charge in [0.2, 0.25) is 0 Å². The molecule has 0 aliphatic rings. The van der Waals surface area contributed by atoms with E-state index >= 15 is 0 Å². The zero-order chi connectivity index (χ0) is 12.4. The Balaban J connectivity index is 2.10. The van der Waals surface area contributed by atoms with Crippen molar-refractivity contribution < 1.29 is 8.91 Å². The maximum atomic E-state index is 12.9. The topological polar surface area (TPSA) is 26.0 Å². The number of benzene rings is 2. The van der Waals surface area contributed by atoms with Gasteiger partial charge in [-0.15, -0.1) is 0 Å². The minimum atomic E-state index is -0.264. The molecule has 0 unspecified atom stereocenters. The van der Waals surface area contributed by atoms with Crippen LogP contribution in [0.1, 0.15) is 0 Å². The molecule has 0 atom stereocenters. The van der Waals surface area contributed by atoms with Gasteiger partial charge >= 0.3 is 0 Å². The smallest absolute Gasteiger partial charge is 0.174 e. The van der Waals surface area contributed by atoms with Gasteiger partial charge in [-0.05, 0) is 29.8 Å². The number of rotatable bonds is 2. The van der Waals surface area contributed by atoms with Crippen LogP contribution in [0.4, 0.5) is 4.39 Å². The minimum Gasteiger partial charge on any atom is -0.356 e. The molecule has 1 aromatic heterocycles. The molecular formula is C15H10FNO. The van der Waals surface area contributed by atoms with E-state index in [-0.39, 0.29) is 5.82 Å². The second kappa shape index (κ2) is 4.45. The van der Waals surface area contributed by atoms with Crippen LogP contribution in [0.5, 0.6) is 0 Å². The molecule has 2 nitrogen and oxygen atoms in total. The fraction of sp³-hybridized carbons (Fsp3) is 0. The normalized spacial score (nSPS) is 10.5. The number of nitrogens with zero attached hydrogens (tertiary/aromatic N) is 1. The Morgan fingerprint density at radius 2 is 1.56 bits per heavy atom. The van der Waals surface area contributed by atoms with Crippen molar-refractivity contribution in [1.82, 2.24) is 5.16 Å². The third kappa shape index (κ3) is 1.91. The number of hydrogen-bond acceptors (Lipinski definition) is 2. The summed E-state index contributed by atoms with van der Waals surface area (Å²) in [5.74, 6) is 0.390. The van der Waals surface area contributed by atoms with Crippen molar-refractivity contribution in [1.29, 1.82) is 0 Å². The minimum absolute atomic E-state index is 0.264. The molecule has 0 spiro atoms. The van der Waals surface area contributed by atoms with Crippen molar-refractivity contribution in [3.8, 4) is 22.5 Å². The van der Waals surface area contributed by atoms with Gasteiger partial charge in [0.25, 0.3) is 0 Å². The summed E-state index contributed by atoms with van der Waals surface area (Å²) < 4.78 is 18.2. The average molecular weight is 239 g/mol. The summed E-state index contributed by atoms with van der Waals surface area (Å²) in [5.41, 5.74) is 2.74. The maximum absolute atomic E-state index is 12.9. The second-order valence-corrected chi connectivity index (χ2v) is 3.94. The molecule has 0 radical (unpaired) electrons. The van der Waals surface area contributed by atoms with Crippen LogP contribution in [0.2, 0.25) is 0 Å². The van der Waals surface area contributed by atoms with E-state index in [1.165, 1.54) is 12.1 Å². The van der Waals surface area contributed by atoms with Crippen molar-refractivity contribution in [2.45, 2.75) is 0 Å². The third-order valence-corrected chi connectivity index (χ3v) is 2.76. The molecule has 0 fully saturated rings. The van der Waals surface area contributed by atoms with E-state index in [0.717, 1.165) is 16.7 Å². The summed E-state index contributed by atoms with van der Waals surface area (Å²) in [7, 11) is 0. The van der Waals surface area contributed by atoms with Crippen LogP contribution in [-0.4, -0.2) is 5.16 Å². The summed E-state index contributed by atoms with van der Waals surface area (Å²) in [6.07, 6.45) is 1.67. The predicted molar refractivity (Wildman–Crippen MR) is 67.3 cm³/mol. The molecule has 0 bridgehead atoms. The molecule has 0 N–H and O–H groups in total. The van der Waals surface area contributed by atoms with Gasteiger partial charge < -0.3 is 4.52 Å². The van der Waals surface area contributed by atoms with Gasteiger partial charge in [0.15, 0.2) is 5.76 Å². The zero-order valence-electron chi connectivity index (χ0n) is 9.51. The van der Waals surface area contributed by atoms with Gasteiger partial charge in [0.1, 0.15) is 5.82 Å². The molecule has 18 heavy (non-hydrogen) atoms. The lowest BCUT2D eigenvalue weighted by molar-refractivity contribution is 0.432. The highest BCUT2D eigenvalue weighted by atomic mass is 19.1. The summed E-state index contributed by atoms with van der Waals surface area (Å²) in [5, 5.41) is 3.83. The predicted octanol–water partition coefficient (Wildman–Crippen LogP) is 4.15. The van der Waals surface area contributed by atoms with Crippen LogP contribution in [-0.2, 0) is 0 Å². The van der Waals surface area contributed by atoms with Gasteiger partial charge in [-0.1, -0.05) is 35.5 Å². The van der Waals surface area contributed by atoms with E-state index in [9.17, 15) is 4.39 Å². The van der Waals surface area contributed by atoms with E-state index in [2.05, 4.69) is 5.16 Å². The molecular weight excluding hydrogens is 229 g/mol. The first kappa shape index (κ1) is 10.7. The van der Waals surface area contributed by atoms with E-state index in [0.29, 0.717) is 5.76 Å². The van der Waals surface area contributed by atoms with Crippen LogP contribution in [0.25, 0.3) is 22.5 Å². The van der Waals surface area contributed by atoms with Crippen molar-refractivity contribution in [2.24, 2.45) is 0 Å². The van der Waals surface area contributed by atoms with Crippen molar-refractivity contribution in [3.05, 3.63) is 66.6 Å². The summed E-state index contributed by atoms with van der Waals surface area (Å²) in [6, 6.07) is 16.0. The maximum Gasteiger partial charge on any atom is 0.174 e. The largest absolute Gasteiger partial charge is 0.356 e. The molecule has 1 heterocycles. The molecule has 3 heteroatoms. The van der Waals surface area contributed by atoms with Gasteiger partial charge in [-0.3, -0.25) is 0 Å². The molecule has 0 saturated carbocycles. The lowest BCUT2D eigenvalue weighted by Crippen LogP contribution is -1.80. The monoisotopic (exact) mass is 239 g/mol. The van der Waals surface area contributed by atoms with E-state index in [1.807, 2.05) is 30.3 Å². The fourth-order valence-electron chi connectivity index (χ4n) is 1.87. The van der Waals surface area contributed by atoms with Gasteiger partial charge in [-0.25, -0.2) is 4.39 Å². The number of hydrogen-bond donors (Lipinski definition) is 0. The van der Waals surface area contributed by atoms with Crippen molar-refractivity contribution >= 4 is 0 Å². The van der Waals surface area contributed by atoms with Crippen LogP contribution < -0.4 is 0 Å². The van der Waals surface area contributed by atoms with Crippen LogP contribution in [0, 0.1) is 5.82 Å². The van der Waals surface area contributed by atoms with E-state index < -0.39 is 0 Å². The van der Waals surface area contributed by atoms with Crippen LogP contribution >= 0.6 is 0 Å². The Hall–Kier alpha value is -2.42. The first-order chi connectivity index (χ1) is 8.84. The molecule has 0 saturated heterocycles. The molecule has 0 aliphatic carbocycles. The Kier molecular flexibility index (Phi) is 2.65. The third-order valence-electron chi connectivity index (χ3n) is 2.76. The number of aromatic nitrogens is 1. The summed E-state index contributed by atoms with van der Waals surface area (Å²) >= 11 is 0. The molecule has 2 aromatic carbocycles. The van der Waals surface area contributed by atoms with Gasteiger partial charge in [-0.2, -0.15) is 0 Å². The van der Waals surface area contributed by atoms with Gasteiger partial charge in [0.05, 0.1) is 6.20 Å². The van der Waals surface area contributed by atoms with Crippen molar-refractivity contribution in [3.63, 3.8) is 0 Å². The highest BCUT2D eigenvalue weighted by Gasteiger charge is 2.12. The quantitative estimate of drug-likeness (QED) is 0.671. The molecule has 0 amide bonds. The van der Waals surface area contributed by atoms with E-state index in [4.69, 9.17) is 4.52 Å². The molecule has 3 aromatic rings. The van der Waals surface area contributed by atoms with Crippen molar-refractivity contribution in [2.75, 3.05) is 0 Å². The molecule has 88 valence electrons. The Bertz CT molecular complexity index is 644. The van der Waals surface area contributed by atoms with Crippen LogP contribution in [0.3, 0.4) is 0 Å². The SMILES string of the molecule is Fc1ccc(-c2oncc2-c2ccccc2)cc1. The first-order valence-electron chi connectivity index (χ1n) is 5.60. The van der Waals surface area contributed by atoms with Gasteiger partial charge in [0, 0.05) is 11.1 Å². The summed E-state index contributed by atoms with van der Waals surface area (Å²) in [6.45, 7) is 0. The zero-order valence-corrected chi connectivity index (χ0v) is 9.51. The lowest BCUT2D eigenvalue weighted by Gasteiger charge is -2.01.